The van der Waals surface area contributed by atoms with E-state index in [0.29, 0.717) is 5.92 Å². The van der Waals surface area contributed by atoms with E-state index in [0.717, 1.165) is 26.2 Å². The van der Waals surface area contributed by atoms with Crippen molar-refractivity contribution in [2.75, 3.05) is 36.0 Å². The maximum Gasteiger partial charge on any atom is 0.0366 e. The van der Waals surface area contributed by atoms with Crippen molar-refractivity contribution in [2.24, 2.45) is 5.41 Å². The van der Waals surface area contributed by atoms with E-state index in [9.17, 15) is 0 Å². The summed E-state index contributed by atoms with van der Waals surface area (Å²) in [5, 5.41) is 0. The average Bonchev–Trinajstić information content (AvgIpc) is 2.65. The molecule has 0 aliphatic heterocycles. The van der Waals surface area contributed by atoms with E-state index < -0.39 is 0 Å². The molecular weight excluding hydrogens is 328 g/mol. The summed E-state index contributed by atoms with van der Waals surface area (Å²) in [6, 6.07) is 18.4. The fourth-order valence-electron chi connectivity index (χ4n) is 4.13. The van der Waals surface area contributed by atoms with Crippen molar-refractivity contribution < 1.29 is 0 Å². The lowest BCUT2D eigenvalue weighted by Crippen LogP contribution is -2.23. The fraction of sp³-hybridized carbons (Fsp3) is 0.520. The SMILES string of the molecule is CCN(CC)c1ccc(C(c2ccc(N(CC)CC)cc2)C(C)(C)C)cc1. The second kappa shape index (κ2) is 9.30. The van der Waals surface area contributed by atoms with Gasteiger partial charge in [-0.1, -0.05) is 45.0 Å². The molecule has 0 atom stereocenters. The topological polar surface area (TPSA) is 6.48 Å². The highest BCUT2D eigenvalue weighted by Gasteiger charge is 2.28. The minimum absolute atomic E-state index is 0.160. The molecule has 27 heavy (non-hydrogen) atoms. The van der Waals surface area contributed by atoms with Crippen molar-refractivity contribution in [3.8, 4) is 0 Å². The van der Waals surface area contributed by atoms with Crippen LogP contribution >= 0.6 is 0 Å². The molecule has 0 radical (unpaired) electrons. The molecule has 0 amide bonds. The second-order valence-corrected chi connectivity index (χ2v) is 8.33. The number of nitrogens with zero attached hydrogens (tertiary/aromatic N) is 2. The number of rotatable bonds is 8. The summed E-state index contributed by atoms with van der Waals surface area (Å²) in [4.78, 5) is 4.80. The molecule has 0 unspecified atom stereocenters. The van der Waals surface area contributed by atoms with Crippen LogP contribution in [0.25, 0.3) is 0 Å². The van der Waals surface area contributed by atoms with Crippen molar-refractivity contribution in [2.45, 2.75) is 54.4 Å². The normalized spacial score (nSPS) is 11.7. The lowest BCUT2D eigenvalue weighted by Gasteiger charge is -2.33. The summed E-state index contributed by atoms with van der Waals surface area (Å²) < 4.78 is 0. The first-order valence-corrected chi connectivity index (χ1v) is 10.5. The first-order chi connectivity index (χ1) is 12.8. The average molecular weight is 367 g/mol. The Morgan fingerprint density at radius 2 is 0.889 bits per heavy atom. The van der Waals surface area contributed by atoms with Gasteiger partial charge in [0, 0.05) is 43.5 Å². The smallest absolute Gasteiger partial charge is 0.0366 e. The van der Waals surface area contributed by atoms with E-state index >= 15 is 0 Å². The van der Waals surface area contributed by atoms with Crippen LogP contribution in [0.3, 0.4) is 0 Å². The molecule has 2 rings (SSSR count). The third-order valence-electron chi connectivity index (χ3n) is 5.58. The summed E-state index contributed by atoms with van der Waals surface area (Å²) in [7, 11) is 0. The van der Waals surface area contributed by atoms with E-state index in [1.807, 2.05) is 0 Å². The van der Waals surface area contributed by atoms with Crippen LogP contribution < -0.4 is 9.80 Å². The van der Waals surface area contributed by atoms with Crippen LogP contribution in [0.1, 0.15) is 65.5 Å². The quantitative estimate of drug-likeness (QED) is 0.522. The van der Waals surface area contributed by atoms with Gasteiger partial charge < -0.3 is 9.80 Å². The van der Waals surface area contributed by atoms with E-state index in [4.69, 9.17) is 0 Å². The first-order valence-electron chi connectivity index (χ1n) is 10.5. The molecular formula is C25H38N2. The minimum Gasteiger partial charge on any atom is -0.372 e. The lowest BCUT2D eigenvalue weighted by atomic mass is 9.72. The molecule has 0 aliphatic carbocycles. The Bertz CT molecular complexity index is 616. The van der Waals surface area contributed by atoms with E-state index in [2.05, 4.69) is 107 Å². The van der Waals surface area contributed by atoms with Gasteiger partial charge in [0.25, 0.3) is 0 Å². The van der Waals surface area contributed by atoms with Gasteiger partial charge in [0.05, 0.1) is 0 Å². The number of anilines is 2. The molecule has 0 aliphatic rings. The lowest BCUT2D eigenvalue weighted by molar-refractivity contribution is 0.358. The predicted octanol–water partition coefficient (Wildman–Crippen LogP) is 6.56. The predicted molar refractivity (Wildman–Crippen MR) is 121 cm³/mol. The minimum atomic E-state index is 0.160. The van der Waals surface area contributed by atoms with E-state index in [-0.39, 0.29) is 5.41 Å². The maximum atomic E-state index is 2.40. The zero-order valence-corrected chi connectivity index (χ0v) is 18.4. The third kappa shape index (κ3) is 5.06. The summed E-state index contributed by atoms with van der Waals surface area (Å²) in [6.45, 7) is 20.1. The van der Waals surface area contributed by atoms with Crippen molar-refractivity contribution in [3.63, 3.8) is 0 Å². The molecule has 0 saturated carbocycles. The largest absolute Gasteiger partial charge is 0.372 e. The van der Waals surface area contributed by atoms with E-state index in [1.54, 1.807) is 0 Å². The van der Waals surface area contributed by atoms with Gasteiger partial charge in [0.2, 0.25) is 0 Å². The molecule has 0 spiro atoms. The van der Waals surface area contributed by atoms with Crippen LogP contribution in [-0.4, -0.2) is 26.2 Å². The molecule has 0 N–H and O–H groups in total. The molecule has 0 aromatic heterocycles. The van der Waals surface area contributed by atoms with Crippen LogP contribution in [0.4, 0.5) is 11.4 Å². The van der Waals surface area contributed by atoms with E-state index in [1.165, 1.54) is 22.5 Å². The summed E-state index contributed by atoms with van der Waals surface area (Å²) in [6.07, 6.45) is 0. The standard InChI is InChI=1S/C25H38N2/c1-8-26(9-2)22-16-12-20(13-17-22)24(25(5,6)7)21-14-18-23(19-15-21)27(10-3)11-4/h12-19,24H,8-11H2,1-7H3. The Hall–Kier alpha value is -1.96. The molecule has 2 aromatic carbocycles. The van der Waals surface area contributed by atoms with Gasteiger partial charge in [0.15, 0.2) is 0 Å². The molecule has 0 bridgehead atoms. The molecule has 0 heterocycles. The maximum absolute atomic E-state index is 2.40. The van der Waals surface area contributed by atoms with Gasteiger partial charge in [-0.05, 0) is 68.5 Å². The van der Waals surface area contributed by atoms with Gasteiger partial charge in [-0.2, -0.15) is 0 Å². The summed E-state index contributed by atoms with van der Waals surface area (Å²) in [5.74, 6) is 0.383. The molecule has 148 valence electrons. The van der Waals surface area contributed by atoms with Crippen molar-refractivity contribution >= 4 is 11.4 Å². The van der Waals surface area contributed by atoms with Gasteiger partial charge in [-0.25, -0.2) is 0 Å². The summed E-state index contributed by atoms with van der Waals surface area (Å²) in [5.41, 5.74) is 5.58. The molecule has 2 aromatic rings. The van der Waals surface area contributed by atoms with Crippen molar-refractivity contribution in [1.82, 2.24) is 0 Å². The molecule has 0 fully saturated rings. The van der Waals surface area contributed by atoms with Gasteiger partial charge in [-0.15, -0.1) is 0 Å². The number of hydrogen-bond acceptors (Lipinski definition) is 2. The van der Waals surface area contributed by atoms with Gasteiger partial charge >= 0.3 is 0 Å². The van der Waals surface area contributed by atoms with Gasteiger partial charge in [-0.3, -0.25) is 0 Å². The first kappa shape index (κ1) is 21.3. The zero-order valence-electron chi connectivity index (χ0n) is 18.4. The van der Waals surface area contributed by atoms with Crippen molar-refractivity contribution in [1.29, 1.82) is 0 Å². The highest BCUT2D eigenvalue weighted by Crippen LogP contribution is 2.41. The van der Waals surface area contributed by atoms with Crippen LogP contribution in [0, 0.1) is 5.41 Å². The van der Waals surface area contributed by atoms with Crippen LogP contribution in [-0.2, 0) is 0 Å². The Balaban J connectivity index is 2.36. The molecule has 0 saturated heterocycles. The zero-order chi connectivity index (χ0) is 20.0. The molecule has 2 heteroatoms. The monoisotopic (exact) mass is 366 g/mol. The van der Waals surface area contributed by atoms with Crippen molar-refractivity contribution in [3.05, 3.63) is 59.7 Å². The van der Waals surface area contributed by atoms with Crippen LogP contribution in [0.15, 0.2) is 48.5 Å². The Kier molecular flexibility index (Phi) is 7.35. The summed E-state index contributed by atoms with van der Waals surface area (Å²) >= 11 is 0. The number of hydrogen-bond donors (Lipinski definition) is 0. The Morgan fingerprint density at radius 1 is 0.593 bits per heavy atom. The van der Waals surface area contributed by atoms with Gasteiger partial charge in [0.1, 0.15) is 0 Å². The highest BCUT2D eigenvalue weighted by molar-refractivity contribution is 5.52. The Morgan fingerprint density at radius 3 is 1.11 bits per heavy atom. The third-order valence-corrected chi connectivity index (χ3v) is 5.58. The number of benzene rings is 2. The Labute approximate surface area is 167 Å². The van der Waals surface area contributed by atoms with Crippen LogP contribution in [0.2, 0.25) is 0 Å². The second-order valence-electron chi connectivity index (χ2n) is 8.33. The highest BCUT2D eigenvalue weighted by atomic mass is 15.1. The fourth-order valence-corrected chi connectivity index (χ4v) is 4.13. The van der Waals surface area contributed by atoms with Crippen LogP contribution in [0.5, 0.6) is 0 Å². The molecule has 2 nitrogen and oxygen atoms in total.